The van der Waals surface area contributed by atoms with Crippen molar-refractivity contribution in [2.75, 3.05) is 23.4 Å². The van der Waals surface area contributed by atoms with Crippen molar-refractivity contribution >= 4 is 38.4 Å². The third kappa shape index (κ3) is 5.00. The van der Waals surface area contributed by atoms with Gasteiger partial charge in [-0.05, 0) is 43.2 Å². The molecule has 0 saturated carbocycles. The molecule has 0 unspecified atom stereocenters. The van der Waals surface area contributed by atoms with Crippen molar-refractivity contribution in [1.29, 1.82) is 0 Å². The molecule has 2 aliphatic heterocycles. The molecule has 8 heteroatoms. The van der Waals surface area contributed by atoms with Crippen LogP contribution < -0.4 is 10.6 Å². The summed E-state index contributed by atoms with van der Waals surface area (Å²) in [6.07, 6.45) is 0.792. The standard InChI is InChI=1S/C21H23N3O3S2/c1-14-2-4-15(5-3-14)10-11-22-20(25)16-6-8-17(9-7-16)23-21-24-18-12-29(26,27)13-19(18)28-21/h2-9,18-19H,10-13H2,1H3,(H,22,25)(H,23,24)/t18-,19+/m0/s1. The van der Waals surface area contributed by atoms with Crippen LogP contribution in [0, 0.1) is 6.92 Å². The summed E-state index contributed by atoms with van der Waals surface area (Å²) in [5.41, 5.74) is 3.85. The van der Waals surface area contributed by atoms with Crippen molar-refractivity contribution in [3.8, 4) is 0 Å². The number of aliphatic imine (C=N–C) groups is 1. The van der Waals surface area contributed by atoms with Gasteiger partial charge in [-0.25, -0.2) is 8.42 Å². The molecule has 0 aromatic heterocycles. The molecule has 2 atom stereocenters. The lowest BCUT2D eigenvalue weighted by Gasteiger charge is -2.09. The molecule has 2 heterocycles. The van der Waals surface area contributed by atoms with Crippen LogP contribution in [-0.4, -0.2) is 48.8 Å². The molecule has 2 N–H and O–H groups in total. The molecule has 0 bridgehead atoms. The largest absolute Gasteiger partial charge is 0.352 e. The highest BCUT2D eigenvalue weighted by molar-refractivity contribution is 8.15. The average Bonchev–Trinajstić information content (AvgIpc) is 3.16. The number of anilines is 1. The van der Waals surface area contributed by atoms with Gasteiger partial charge in [-0.1, -0.05) is 41.6 Å². The van der Waals surface area contributed by atoms with E-state index in [4.69, 9.17) is 0 Å². The van der Waals surface area contributed by atoms with E-state index in [0.717, 1.165) is 17.3 Å². The summed E-state index contributed by atoms with van der Waals surface area (Å²) >= 11 is 1.48. The number of thioether (sulfide) groups is 1. The molecule has 0 radical (unpaired) electrons. The molecular weight excluding hydrogens is 406 g/mol. The number of amidine groups is 1. The minimum Gasteiger partial charge on any atom is -0.352 e. The van der Waals surface area contributed by atoms with Gasteiger partial charge in [-0.2, -0.15) is 0 Å². The quantitative estimate of drug-likeness (QED) is 0.763. The number of fused-ring (bicyclic) bond motifs is 1. The van der Waals surface area contributed by atoms with E-state index in [0.29, 0.717) is 12.1 Å². The summed E-state index contributed by atoms with van der Waals surface area (Å²) in [5.74, 6) is 0.229. The molecule has 2 aliphatic rings. The van der Waals surface area contributed by atoms with Crippen molar-refractivity contribution in [2.45, 2.75) is 24.6 Å². The molecule has 6 nitrogen and oxygen atoms in total. The van der Waals surface area contributed by atoms with Crippen LogP contribution in [-0.2, 0) is 16.3 Å². The van der Waals surface area contributed by atoms with Crippen LogP contribution in [0.2, 0.25) is 0 Å². The second kappa shape index (κ2) is 8.20. The Labute approximate surface area is 175 Å². The highest BCUT2D eigenvalue weighted by Gasteiger charge is 2.42. The Bertz CT molecular complexity index is 1030. The number of rotatable bonds is 5. The number of amides is 1. The first kappa shape index (κ1) is 20.0. The summed E-state index contributed by atoms with van der Waals surface area (Å²) in [7, 11) is -2.94. The minimum absolute atomic E-state index is 0.0149. The first-order valence-corrected chi connectivity index (χ1v) is 12.2. The fourth-order valence-electron chi connectivity index (χ4n) is 3.42. The van der Waals surface area contributed by atoms with Gasteiger partial charge in [0.1, 0.15) is 0 Å². The maximum absolute atomic E-state index is 12.3. The van der Waals surface area contributed by atoms with E-state index in [2.05, 4.69) is 46.8 Å². The Balaban J connectivity index is 1.28. The van der Waals surface area contributed by atoms with Crippen molar-refractivity contribution in [3.05, 3.63) is 65.2 Å². The van der Waals surface area contributed by atoms with Gasteiger partial charge >= 0.3 is 0 Å². The van der Waals surface area contributed by atoms with Crippen LogP contribution in [0.1, 0.15) is 21.5 Å². The third-order valence-electron chi connectivity index (χ3n) is 5.04. The number of hydrogen-bond acceptors (Lipinski definition) is 6. The average molecular weight is 430 g/mol. The molecule has 29 heavy (non-hydrogen) atoms. The molecule has 0 spiro atoms. The van der Waals surface area contributed by atoms with Crippen molar-refractivity contribution in [3.63, 3.8) is 0 Å². The maximum Gasteiger partial charge on any atom is 0.251 e. The number of carbonyl (C=O) groups is 1. The fraction of sp³-hybridized carbons (Fsp3) is 0.333. The lowest BCUT2D eigenvalue weighted by molar-refractivity contribution is 0.0954. The molecule has 0 aliphatic carbocycles. The van der Waals surface area contributed by atoms with Gasteiger partial charge in [0.2, 0.25) is 0 Å². The normalized spacial score (nSPS) is 22.0. The number of carbonyl (C=O) groups excluding carboxylic acids is 1. The number of sulfone groups is 1. The van der Waals surface area contributed by atoms with E-state index in [1.807, 2.05) is 12.1 Å². The van der Waals surface area contributed by atoms with E-state index >= 15 is 0 Å². The zero-order chi connectivity index (χ0) is 20.4. The number of nitrogens with zero attached hydrogens (tertiary/aromatic N) is 1. The molecule has 1 saturated heterocycles. The van der Waals surface area contributed by atoms with Crippen LogP contribution >= 0.6 is 11.8 Å². The van der Waals surface area contributed by atoms with Crippen LogP contribution in [0.15, 0.2) is 53.5 Å². The SMILES string of the molecule is Cc1ccc(CCNC(=O)c2ccc(NC3=N[C@H]4CS(=O)(=O)C[C@H]4S3)cc2)cc1. The van der Waals surface area contributed by atoms with Gasteiger partial charge in [0.05, 0.1) is 17.5 Å². The Morgan fingerprint density at radius 3 is 2.52 bits per heavy atom. The molecule has 1 amide bonds. The molecule has 4 rings (SSSR count). The monoisotopic (exact) mass is 429 g/mol. The minimum atomic E-state index is -2.94. The second-order valence-corrected chi connectivity index (χ2v) is 10.8. The molecular formula is C21H23N3O3S2. The number of hydrogen-bond donors (Lipinski definition) is 2. The van der Waals surface area contributed by atoms with Crippen molar-refractivity contribution < 1.29 is 13.2 Å². The number of benzene rings is 2. The van der Waals surface area contributed by atoms with Crippen molar-refractivity contribution in [1.82, 2.24) is 5.32 Å². The van der Waals surface area contributed by atoms with Gasteiger partial charge in [0.15, 0.2) is 15.0 Å². The molecule has 1 fully saturated rings. The van der Waals surface area contributed by atoms with Gasteiger partial charge < -0.3 is 10.6 Å². The van der Waals surface area contributed by atoms with Crippen LogP contribution in [0.4, 0.5) is 5.69 Å². The second-order valence-electron chi connectivity index (χ2n) is 7.43. The lowest BCUT2D eigenvalue weighted by atomic mass is 10.1. The Morgan fingerprint density at radius 2 is 1.83 bits per heavy atom. The third-order valence-corrected chi connectivity index (χ3v) is 8.18. The maximum atomic E-state index is 12.3. The predicted molar refractivity (Wildman–Crippen MR) is 119 cm³/mol. The highest BCUT2D eigenvalue weighted by Crippen LogP contribution is 2.34. The summed E-state index contributed by atoms with van der Waals surface area (Å²) < 4.78 is 23.3. The zero-order valence-corrected chi connectivity index (χ0v) is 17.7. The fourth-order valence-corrected chi connectivity index (χ4v) is 7.10. The predicted octanol–water partition coefficient (Wildman–Crippen LogP) is 2.65. The van der Waals surface area contributed by atoms with Gasteiger partial charge in [0, 0.05) is 23.0 Å². The summed E-state index contributed by atoms with van der Waals surface area (Å²) in [5, 5.41) is 6.92. The van der Waals surface area contributed by atoms with Crippen molar-refractivity contribution in [2.24, 2.45) is 4.99 Å². The van der Waals surface area contributed by atoms with Gasteiger partial charge in [0.25, 0.3) is 5.91 Å². The number of aryl methyl sites for hydroxylation is 1. The number of nitrogens with one attached hydrogen (secondary N) is 2. The van der Waals surface area contributed by atoms with E-state index in [1.165, 1.54) is 22.9 Å². The summed E-state index contributed by atoms with van der Waals surface area (Å²) in [6, 6.07) is 15.4. The topological polar surface area (TPSA) is 87.6 Å². The smallest absolute Gasteiger partial charge is 0.251 e. The highest BCUT2D eigenvalue weighted by atomic mass is 32.2. The zero-order valence-electron chi connectivity index (χ0n) is 16.1. The van der Waals surface area contributed by atoms with Crippen LogP contribution in [0.25, 0.3) is 0 Å². The van der Waals surface area contributed by atoms with E-state index in [-0.39, 0.29) is 28.7 Å². The Kier molecular flexibility index (Phi) is 5.65. The Morgan fingerprint density at radius 1 is 1.10 bits per heavy atom. The summed E-state index contributed by atoms with van der Waals surface area (Å²) in [4.78, 5) is 16.8. The van der Waals surface area contributed by atoms with Gasteiger partial charge in [-0.15, -0.1) is 0 Å². The molecule has 2 aromatic carbocycles. The first-order valence-electron chi connectivity index (χ1n) is 9.54. The van der Waals surface area contributed by atoms with Crippen LogP contribution in [0.5, 0.6) is 0 Å². The van der Waals surface area contributed by atoms with E-state index in [9.17, 15) is 13.2 Å². The molecule has 152 valence electrons. The first-order chi connectivity index (χ1) is 13.9. The van der Waals surface area contributed by atoms with E-state index < -0.39 is 9.84 Å². The molecule has 2 aromatic rings. The lowest BCUT2D eigenvalue weighted by Crippen LogP contribution is -2.25. The summed E-state index contributed by atoms with van der Waals surface area (Å²) in [6.45, 7) is 2.64. The Hall–Kier alpha value is -2.32. The van der Waals surface area contributed by atoms with Crippen LogP contribution in [0.3, 0.4) is 0 Å². The van der Waals surface area contributed by atoms with E-state index in [1.54, 1.807) is 12.1 Å². The van der Waals surface area contributed by atoms with Gasteiger partial charge in [-0.3, -0.25) is 9.79 Å².